The summed E-state index contributed by atoms with van der Waals surface area (Å²) in [6, 6.07) is 0. The zero-order valence-corrected chi connectivity index (χ0v) is 16.5. The van der Waals surface area contributed by atoms with E-state index in [-0.39, 0.29) is 6.16 Å². The Kier molecular flexibility index (Phi) is 13.7. The molecular formula is C18H42NO3P. The van der Waals surface area contributed by atoms with Crippen LogP contribution in [-0.2, 0) is 4.52 Å². The third kappa shape index (κ3) is 16.9. The van der Waals surface area contributed by atoms with Gasteiger partial charge in [-0.2, -0.15) is 0 Å². The van der Waals surface area contributed by atoms with Crippen LogP contribution in [0.1, 0.15) is 104 Å². The van der Waals surface area contributed by atoms with E-state index in [9.17, 15) is 9.79 Å². The average molecular weight is 352 g/mol. The Hall–Kier alpha value is 0.270. The maximum absolute atomic E-state index is 10.0. The Bertz CT molecular complexity index is 267. The predicted molar refractivity (Wildman–Crippen MR) is 102 cm³/mol. The van der Waals surface area contributed by atoms with Gasteiger partial charge in [-0.25, -0.2) is 0 Å². The molecule has 0 saturated heterocycles. The molecule has 0 heterocycles. The Morgan fingerprint density at radius 3 is 1.48 bits per heavy atom. The first kappa shape index (κ1) is 23.3. The Balaban J connectivity index is 3.40. The van der Waals surface area contributed by atoms with Crippen molar-refractivity contribution in [2.45, 2.75) is 104 Å². The summed E-state index contributed by atoms with van der Waals surface area (Å²) in [4.78, 5) is 20.0. The summed E-state index contributed by atoms with van der Waals surface area (Å²) in [5.74, 6) is 0. The molecule has 0 saturated carbocycles. The minimum absolute atomic E-state index is 0.201. The molecule has 4 N–H and O–H groups in total. The first-order valence-corrected chi connectivity index (χ1v) is 12.2. The van der Waals surface area contributed by atoms with Crippen LogP contribution in [0.5, 0.6) is 0 Å². The molecule has 23 heavy (non-hydrogen) atoms. The number of unbranched alkanes of at least 4 members (excludes halogenated alkanes) is 12. The second-order valence-electron chi connectivity index (χ2n) is 6.98. The van der Waals surface area contributed by atoms with E-state index in [0.717, 1.165) is 32.1 Å². The van der Waals surface area contributed by atoms with Crippen molar-refractivity contribution < 1.29 is 14.3 Å². The fourth-order valence-corrected chi connectivity index (χ4v) is 4.20. The molecule has 0 aliphatic carbocycles. The van der Waals surface area contributed by atoms with Crippen LogP contribution in [0.2, 0.25) is 0 Å². The van der Waals surface area contributed by atoms with E-state index < -0.39 is 7.43 Å². The van der Waals surface area contributed by atoms with Crippen LogP contribution in [0.25, 0.3) is 0 Å². The monoisotopic (exact) mass is 351 g/mol. The van der Waals surface area contributed by atoms with Crippen LogP contribution in [-0.4, -0.2) is 22.6 Å². The van der Waals surface area contributed by atoms with Crippen LogP contribution < -0.4 is 5.50 Å². The Morgan fingerprint density at radius 2 is 1.04 bits per heavy atom. The van der Waals surface area contributed by atoms with Gasteiger partial charge in [-0.3, -0.25) is 0 Å². The van der Waals surface area contributed by atoms with Gasteiger partial charge in [0.1, 0.15) is 0 Å². The van der Waals surface area contributed by atoms with Gasteiger partial charge >= 0.3 is 130 Å². The van der Waals surface area contributed by atoms with Crippen molar-refractivity contribution in [2.24, 2.45) is 5.50 Å². The summed E-state index contributed by atoms with van der Waals surface area (Å²) in [5.41, 5.74) is 5.65. The van der Waals surface area contributed by atoms with Gasteiger partial charge in [-0.05, 0) is 0 Å². The first-order valence-electron chi connectivity index (χ1n) is 9.86. The van der Waals surface area contributed by atoms with Crippen LogP contribution in [0.4, 0.5) is 0 Å². The predicted octanol–water partition coefficient (Wildman–Crippen LogP) is 5.66. The summed E-state index contributed by atoms with van der Waals surface area (Å²) in [6.45, 7) is 4.63. The third-order valence-electron chi connectivity index (χ3n) is 4.30. The molecule has 5 heteroatoms. The summed E-state index contributed by atoms with van der Waals surface area (Å²) >= 11 is 0. The van der Waals surface area contributed by atoms with Crippen molar-refractivity contribution in [3.05, 3.63) is 0 Å². The first-order chi connectivity index (χ1) is 10.9. The number of hydrogen-bond acceptors (Lipinski definition) is 4. The molecule has 0 amide bonds. The quantitative estimate of drug-likeness (QED) is 0.233. The molecule has 0 aliphatic rings. The third-order valence-corrected chi connectivity index (χ3v) is 6.20. The molecule has 0 aromatic carbocycles. The topological polar surface area (TPSA) is 75.7 Å². The zero-order chi connectivity index (χ0) is 17.5. The minimum atomic E-state index is -4.31. The van der Waals surface area contributed by atoms with E-state index in [4.69, 9.17) is 10.0 Å². The SMILES string of the molecule is CCCCCCCCCCCCCCP(N)(O)(O)OCCCC. The second kappa shape index (κ2) is 13.5. The second-order valence-corrected chi connectivity index (χ2v) is 10.1. The standard InChI is InChI=1S/C18H42NO3P/c1-3-5-7-8-9-10-11-12-13-14-15-16-18-23(19,20,21)22-17-6-4-2/h20-21H,3-19H2,1-2H3. The van der Waals surface area contributed by atoms with Crippen LogP contribution >= 0.6 is 7.43 Å². The van der Waals surface area contributed by atoms with Crippen molar-refractivity contribution in [3.63, 3.8) is 0 Å². The average Bonchev–Trinajstić information content (AvgIpc) is 2.48. The van der Waals surface area contributed by atoms with Crippen LogP contribution in [0.15, 0.2) is 0 Å². The van der Waals surface area contributed by atoms with Gasteiger partial charge in [0.2, 0.25) is 0 Å². The van der Waals surface area contributed by atoms with E-state index >= 15 is 0 Å². The van der Waals surface area contributed by atoms with Crippen molar-refractivity contribution >= 4 is 7.43 Å². The van der Waals surface area contributed by atoms with Crippen molar-refractivity contribution in [2.75, 3.05) is 12.8 Å². The summed E-state index contributed by atoms with van der Waals surface area (Å²) < 4.78 is 5.18. The molecule has 142 valence electrons. The Labute approximate surface area is 144 Å². The molecule has 0 bridgehead atoms. The molecule has 0 aliphatic heterocycles. The zero-order valence-electron chi connectivity index (χ0n) is 15.6. The summed E-state index contributed by atoms with van der Waals surface area (Å²) in [5, 5.41) is 0. The molecule has 0 rings (SSSR count). The molecule has 4 nitrogen and oxygen atoms in total. The number of nitrogens with two attached hydrogens (primary N) is 1. The van der Waals surface area contributed by atoms with Crippen LogP contribution in [0, 0.1) is 0 Å². The molecular weight excluding hydrogens is 309 g/mol. The van der Waals surface area contributed by atoms with E-state index in [2.05, 4.69) is 6.92 Å². The van der Waals surface area contributed by atoms with E-state index in [1.807, 2.05) is 6.92 Å². The van der Waals surface area contributed by atoms with Crippen molar-refractivity contribution in [3.8, 4) is 0 Å². The van der Waals surface area contributed by atoms with Crippen molar-refractivity contribution in [1.29, 1.82) is 0 Å². The van der Waals surface area contributed by atoms with E-state index in [0.29, 0.717) is 6.61 Å². The van der Waals surface area contributed by atoms with Gasteiger partial charge in [0.05, 0.1) is 0 Å². The molecule has 0 aromatic rings. The number of rotatable bonds is 17. The molecule has 0 unspecified atom stereocenters. The van der Waals surface area contributed by atoms with Gasteiger partial charge < -0.3 is 0 Å². The fraction of sp³-hybridized carbons (Fsp3) is 1.00. The van der Waals surface area contributed by atoms with Crippen LogP contribution in [0.3, 0.4) is 0 Å². The molecule has 0 atom stereocenters. The maximum atomic E-state index is 10.0. The van der Waals surface area contributed by atoms with Gasteiger partial charge in [0.15, 0.2) is 0 Å². The van der Waals surface area contributed by atoms with Gasteiger partial charge in [0.25, 0.3) is 0 Å². The van der Waals surface area contributed by atoms with Crippen molar-refractivity contribution in [1.82, 2.24) is 0 Å². The van der Waals surface area contributed by atoms with Gasteiger partial charge in [-0.15, -0.1) is 0 Å². The molecule has 0 spiro atoms. The number of hydrogen-bond donors (Lipinski definition) is 3. The molecule has 0 radical (unpaired) electrons. The summed E-state index contributed by atoms with van der Waals surface area (Å²) in [7, 11) is -4.31. The Morgan fingerprint density at radius 1 is 0.652 bits per heavy atom. The van der Waals surface area contributed by atoms with E-state index in [1.165, 1.54) is 57.8 Å². The normalized spacial score (nSPS) is 13.9. The summed E-state index contributed by atoms with van der Waals surface area (Å²) in [6.07, 6.45) is 17.0. The molecule has 0 fully saturated rings. The molecule has 0 aromatic heterocycles. The van der Waals surface area contributed by atoms with Gasteiger partial charge in [0, 0.05) is 0 Å². The fourth-order valence-electron chi connectivity index (χ4n) is 2.72. The van der Waals surface area contributed by atoms with Gasteiger partial charge in [-0.1, -0.05) is 13.3 Å². The van der Waals surface area contributed by atoms with E-state index in [1.54, 1.807) is 0 Å².